The number of hydrogen-bond donors (Lipinski definition) is 1. The van der Waals surface area contributed by atoms with Crippen molar-refractivity contribution < 1.29 is 9.52 Å². The van der Waals surface area contributed by atoms with E-state index in [0.29, 0.717) is 16.8 Å². The topological polar surface area (TPSA) is 56.0 Å². The highest BCUT2D eigenvalue weighted by atomic mass is 79.9. The molecule has 0 atom stereocenters. The number of nitrogens with zero attached hydrogens (tertiary/aromatic N) is 1. The first-order valence-electron chi connectivity index (χ1n) is 5.36. The van der Waals surface area contributed by atoms with Crippen molar-refractivity contribution in [2.75, 3.05) is 0 Å². The Hall–Kier alpha value is -1.88. The third-order valence-electron chi connectivity index (χ3n) is 2.43. The Morgan fingerprint density at radius 2 is 1.78 bits per heavy atom. The van der Waals surface area contributed by atoms with Gasteiger partial charge in [0.2, 0.25) is 0 Å². The molecule has 0 bridgehead atoms. The van der Waals surface area contributed by atoms with Crippen LogP contribution in [0.3, 0.4) is 0 Å². The van der Waals surface area contributed by atoms with Crippen LogP contribution in [0.2, 0.25) is 0 Å². The number of carbonyl (C=O) groups excluding carboxylic acids is 1. The van der Waals surface area contributed by atoms with Gasteiger partial charge in [0.1, 0.15) is 0 Å². The highest BCUT2D eigenvalue weighted by Crippen LogP contribution is 2.10. The van der Waals surface area contributed by atoms with Crippen molar-refractivity contribution in [1.29, 1.82) is 0 Å². The van der Waals surface area contributed by atoms with Gasteiger partial charge in [0.15, 0.2) is 12.4 Å². The van der Waals surface area contributed by atoms with Crippen molar-refractivity contribution in [3.05, 3.63) is 69.6 Å². The van der Waals surface area contributed by atoms with Crippen molar-refractivity contribution >= 4 is 21.8 Å². The number of amides is 1. The third-order valence-corrected chi connectivity index (χ3v) is 2.96. The van der Waals surface area contributed by atoms with Crippen LogP contribution in [-0.2, 0) is 6.54 Å². The Morgan fingerprint density at radius 3 is 2.39 bits per heavy atom. The van der Waals surface area contributed by atoms with Crippen molar-refractivity contribution in [2.24, 2.45) is 0 Å². The summed E-state index contributed by atoms with van der Waals surface area (Å²) in [5, 5.41) is 13.6. The van der Waals surface area contributed by atoms with Crippen LogP contribution in [0.15, 0.2) is 53.3 Å². The van der Waals surface area contributed by atoms with E-state index in [1.165, 1.54) is 24.5 Å². The number of nitrogens with one attached hydrogen (secondary N) is 1. The molecule has 0 saturated heterocycles. The zero-order valence-electron chi connectivity index (χ0n) is 9.47. The molecule has 0 spiro atoms. The molecule has 1 N–H and O–H groups in total. The predicted octanol–water partition coefficient (Wildman–Crippen LogP) is 2.01. The van der Waals surface area contributed by atoms with Crippen LogP contribution in [0.1, 0.15) is 15.9 Å². The lowest BCUT2D eigenvalue weighted by molar-refractivity contribution is -0.605. The lowest BCUT2D eigenvalue weighted by atomic mass is 10.2. The van der Waals surface area contributed by atoms with E-state index in [4.69, 9.17) is 0 Å². The van der Waals surface area contributed by atoms with Crippen LogP contribution in [-0.4, -0.2) is 5.91 Å². The molecule has 2 rings (SSSR count). The molecule has 1 aromatic heterocycles. The quantitative estimate of drug-likeness (QED) is 0.696. The summed E-state index contributed by atoms with van der Waals surface area (Å²) in [5.41, 5.74) is 1.49. The van der Waals surface area contributed by atoms with Gasteiger partial charge in [-0.1, -0.05) is 28.1 Å². The van der Waals surface area contributed by atoms with E-state index in [1.54, 1.807) is 0 Å². The fraction of sp³-hybridized carbons (Fsp3) is 0.0769. The first-order valence-corrected chi connectivity index (χ1v) is 6.16. The normalized spacial score (nSPS) is 10.1. The fourth-order valence-electron chi connectivity index (χ4n) is 1.45. The van der Waals surface area contributed by atoms with Crippen molar-refractivity contribution in [1.82, 2.24) is 5.32 Å². The van der Waals surface area contributed by atoms with Gasteiger partial charge in [0, 0.05) is 23.2 Å². The monoisotopic (exact) mass is 306 g/mol. The minimum absolute atomic E-state index is 0.196. The molecular weight excluding hydrogens is 296 g/mol. The number of benzene rings is 1. The summed E-state index contributed by atoms with van der Waals surface area (Å²) < 4.78 is 1.64. The van der Waals surface area contributed by atoms with Gasteiger partial charge >= 0.3 is 0 Å². The molecule has 5 heteroatoms. The number of aromatic nitrogens is 1. The standard InChI is InChI=1S/C13H11BrN2O2/c14-12-3-1-10(2-4-12)9-15-13(17)11-5-7-16(18)8-6-11/h1-8H,9H2,(H,15,17). The van der Waals surface area contributed by atoms with Crippen LogP contribution in [0.4, 0.5) is 0 Å². The zero-order chi connectivity index (χ0) is 13.0. The van der Waals surface area contributed by atoms with Gasteiger partial charge < -0.3 is 10.5 Å². The molecule has 0 aliphatic heterocycles. The van der Waals surface area contributed by atoms with Gasteiger partial charge in [-0.05, 0) is 17.7 Å². The van der Waals surface area contributed by atoms with Gasteiger partial charge in [0.25, 0.3) is 5.91 Å². The highest BCUT2D eigenvalue weighted by molar-refractivity contribution is 9.10. The molecule has 1 amide bonds. The molecule has 0 saturated carbocycles. The van der Waals surface area contributed by atoms with Crippen LogP contribution < -0.4 is 10.0 Å². The number of carbonyl (C=O) groups is 1. The lowest BCUT2D eigenvalue weighted by Gasteiger charge is -2.05. The second kappa shape index (κ2) is 5.64. The Bertz CT molecular complexity index is 538. The second-order valence-electron chi connectivity index (χ2n) is 3.76. The van der Waals surface area contributed by atoms with Gasteiger partial charge in [-0.25, -0.2) is 0 Å². The van der Waals surface area contributed by atoms with Gasteiger partial charge in [0.05, 0.1) is 5.56 Å². The first-order chi connectivity index (χ1) is 8.65. The average Bonchev–Trinajstić information content (AvgIpc) is 2.38. The highest BCUT2D eigenvalue weighted by Gasteiger charge is 2.06. The molecule has 92 valence electrons. The molecule has 0 radical (unpaired) electrons. The summed E-state index contributed by atoms with van der Waals surface area (Å²) in [6.45, 7) is 0.457. The Balaban J connectivity index is 1.96. The molecule has 0 aliphatic carbocycles. The minimum atomic E-state index is -0.196. The molecule has 0 unspecified atom stereocenters. The van der Waals surface area contributed by atoms with Gasteiger partial charge in [-0.2, -0.15) is 4.73 Å². The van der Waals surface area contributed by atoms with E-state index in [0.717, 1.165) is 10.0 Å². The minimum Gasteiger partial charge on any atom is -0.619 e. The maximum absolute atomic E-state index is 11.8. The zero-order valence-corrected chi connectivity index (χ0v) is 11.1. The number of halogens is 1. The number of pyridine rings is 1. The molecule has 18 heavy (non-hydrogen) atoms. The smallest absolute Gasteiger partial charge is 0.252 e. The Kier molecular flexibility index (Phi) is 3.94. The van der Waals surface area contributed by atoms with E-state index in [9.17, 15) is 10.0 Å². The van der Waals surface area contributed by atoms with Crippen LogP contribution in [0.25, 0.3) is 0 Å². The SMILES string of the molecule is O=C(NCc1ccc(Br)cc1)c1cc[n+]([O-])cc1. The summed E-state index contributed by atoms with van der Waals surface area (Å²) in [6.07, 6.45) is 2.60. The van der Waals surface area contributed by atoms with Gasteiger partial charge in [-0.15, -0.1) is 0 Å². The Morgan fingerprint density at radius 1 is 1.17 bits per heavy atom. The molecule has 4 nitrogen and oxygen atoms in total. The van der Waals surface area contributed by atoms with E-state index in [2.05, 4.69) is 21.2 Å². The molecule has 1 heterocycles. The maximum atomic E-state index is 11.8. The molecule has 0 fully saturated rings. The van der Waals surface area contributed by atoms with Gasteiger partial charge in [-0.3, -0.25) is 4.79 Å². The van der Waals surface area contributed by atoms with Crippen molar-refractivity contribution in [2.45, 2.75) is 6.54 Å². The average molecular weight is 307 g/mol. The van der Waals surface area contributed by atoms with E-state index in [-0.39, 0.29) is 5.91 Å². The molecule has 1 aromatic carbocycles. The summed E-state index contributed by atoms with van der Waals surface area (Å²) in [4.78, 5) is 11.8. The van der Waals surface area contributed by atoms with E-state index in [1.807, 2.05) is 24.3 Å². The van der Waals surface area contributed by atoms with Crippen molar-refractivity contribution in [3.63, 3.8) is 0 Å². The molecular formula is C13H11BrN2O2. The second-order valence-corrected chi connectivity index (χ2v) is 4.67. The number of hydrogen-bond acceptors (Lipinski definition) is 2. The maximum Gasteiger partial charge on any atom is 0.252 e. The summed E-state index contributed by atoms with van der Waals surface area (Å²) in [5.74, 6) is -0.196. The van der Waals surface area contributed by atoms with E-state index >= 15 is 0 Å². The number of rotatable bonds is 3. The molecule has 2 aromatic rings. The summed E-state index contributed by atoms with van der Waals surface area (Å²) >= 11 is 3.35. The van der Waals surface area contributed by atoms with Crippen LogP contribution in [0, 0.1) is 5.21 Å². The third kappa shape index (κ3) is 3.30. The van der Waals surface area contributed by atoms with E-state index < -0.39 is 0 Å². The Labute approximate surface area is 113 Å². The summed E-state index contributed by atoms with van der Waals surface area (Å²) in [7, 11) is 0. The molecule has 0 aliphatic rings. The van der Waals surface area contributed by atoms with Crippen LogP contribution in [0.5, 0.6) is 0 Å². The lowest BCUT2D eigenvalue weighted by Crippen LogP contribution is -2.27. The van der Waals surface area contributed by atoms with Crippen molar-refractivity contribution in [3.8, 4) is 0 Å². The first kappa shape index (κ1) is 12.6. The fourth-order valence-corrected chi connectivity index (χ4v) is 1.72. The summed E-state index contributed by atoms with van der Waals surface area (Å²) in [6, 6.07) is 10.7. The predicted molar refractivity (Wildman–Crippen MR) is 70.7 cm³/mol. The largest absolute Gasteiger partial charge is 0.619 e. The van der Waals surface area contributed by atoms with Crippen LogP contribution >= 0.6 is 15.9 Å².